The molecule has 0 bridgehead atoms. The maximum absolute atomic E-state index is 11.9. The first-order chi connectivity index (χ1) is 12.8. The molecule has 0 radical (unpaired) electrons. The number of anilines is 1. The number of fused-ring (bicyclic) bond motifs is 1. The van der Waals surface area contributed by atoms with Crippen LogP contribution in [0.4, 0.5) is 5.69 Å². The predicted molar refractivity (Wildman–Crippen MR) is 106 cm³/mol. The monoisotopic (exact) mass is 363 g/mol. The first-order valence-corrected chi connectivity index (χ1v) is 8.63. The molecule has 138 valence electrons. The molecule has 1 aliphatic rings. The number of carbonyl (C=O) groups is 2. The van der Waals surface area contributed by atoms with E-state index in [0.29, 0.717) is 17.0 Å². The molecule has 6 heteroatoms. The number of nitrogens with zero attached hydrogens (tertiary/aromatic N) is 2. The van der Waals surface area contributed by atoms with Gasteiger partial charge in [0.1, 0.15) is 5.71 Å². The highest BCUT2D eigenvalue weighted by molar-refractivity contribution is 6.69. The number of carboxylic acid groups (broad SMARTS) is 1. The Morgan fingerprint density at radius 1 is 1.11 bits per heavy atom. The normalized spacial score (nSPS) is 15.5. The fourth-order valence-corrected chi connectivity index (χ4v) is 3.06. The molecular formula is C21H21N3O3. The molecule has 0 aliphatic carbocycles. The maximum atomic E-state index is 11.9. The fraction of sp³-hybridized carbons (Fsp3) is 0.238. The van der Waals surface area contributed by atoms with Crippen molar-refractivity contribution in [3.63, 3.8) is 0 Å². The van der Waals surface area contributed by atoms with Crippen molar-refractivity contribution in [2.24, 2.45) is 10.1 Å². The Morgan fingerprint density at radius 2 is 1.78 bits per heavy atom. The topological polar surface area (TPSA) is 91.1 Å². The van der Waals surface area contributed by atoms with E-state index in [2.05, 4.69) is 15.5 Å². The quantitative estimate of drug-likeness (QED) is 0.483. The second-order valence-electron chi connectivity index (χ2n) is 7.12. The molecular weight excluding hydrogens is 342 g/mol. The van der Waals surface area contributed by atoms with Gasteiger partial charge in [0.25, 0.3) is 0 Å². The van der Waals surface area contributed by atoms with Crippen LogP contribution < -0.4 is 5.43 Å². The van der Waals surface area contributed by atoms with Gasteiger partial charge in [0.05, 0.1) is 11.2 Å². The highest BCUT2D eigenvalue weighted by Gasteiger charge is 2.31. The number of ketones is 1. The number of aliphatic imine (C=N–C) groups is 1. The highest BCUT2D eigenvalue weighted by Crippen LogP contribution is 2.27. The first-order valence-electron chi connectivity index (χ1n) is 8.63. The van der Waals surface area contributed by atoms with Crippen molar-refractivity contribution < 1.29 is 14.7 Å². The van der Waals surface area contributed by atoms with Crippen molar-refractivity contribution in [1.29, 1.82) is 0 Å². The molecule has 6 nitrogen and oxygen atoms in total. The molecule has 0 amide bonds. The molecule has 0 unspecified atom stereocenters. The molecule has 0 aromatic heterocycles. The molecule has 0 fully saturated rings. The summed E-state index contributed by atoms with van der Waals surface area (Å²) in [6, 6.07) is 14.3. The SMILES string of the molecule is CC(=O)c1ccc(N/N=C(\C(=O)O)C2=NC(C)(C)Cc3ccccc32)cc1. The van der Waals surface area contributed by atoms with Crippen molar-refractivity contribution in [2.45, 2.75) is 32.7 Å². The number of Topliss-reactive ketones (excluding diaryl/α,β-unsaturated/α-hetero) is 1. The van der Waals surface area contributed by atoms with E-state index in [-0.39, 0.29) is 11.5 Å². The molecule has 0 saturated heterocycles. The molecule has 1 aliphatic heterocycles. The minimum absolute atomic E-state index is 0.0355. The zero-order chi connectivity index (χ0) is 19.6. The average Bonchev–Trinajstić information content (AvgIpc) is 2.61. The van der Waals surface area contributed by atoms with Gasteiger partial charge in [0.15, 0.2) is 11.5 Å². The Morgan fingerprint density at radius 3 is 2.41 bits per heavy atom. The number of hydrogen-bond donors (Lipinski definition) is 2. The van der Waals surface area contributed by atoms with Gasteiger partial charge in [-0.15, -0.1) is 0 Å². The number of carboxylic acids is 1. The van der Waals surface area contributed by atoms with E-state index in [0.717, 1.165) is 17.5 Å². The molecule has 0 saturated carbocycles. The highest BCUT2D eigenvalue weighted by atomic mass is 16.4. The summed E-state index contributed by atoms with van der Waals surface area (Å²) < 4.78 is 0. The molecule has 0 atom stereocenters. The van der Waals surface area contributed by atoms with Crippen LogP contribution in [-0.2, 0) is 11.2 Å². The van der Waals surface area contributed by atoms with Crippen LogP contribution in [0.3, 0.4) is 0 Å². The maximum Gasteiger partial charge on any atom is 0.358 e. The lowest BCUT2D eigenvalue weighted by Crippen LogP contribution is -2.35. The summed E-state index contributed by atoms with van der Waals surface area (Å²) in [4.78, 5) is 27.9. The van der Waals surface area contributed by atoms with Crippen LogP contribution in [-0.4, -0.2) is 33.8 Å². The summed E-state index contributed by atoms with van der Waals surface area (Å²) in [6.07, 6.45) is 0.736. The van der Waals surface area contributed by atoms with Gasteiger partial charge in [-0.2, -0.15) is 5.10 Å². The number of aliphatic carboxylic acids is 1. The standard InChI is InChI=1S/C21H21N3O3/c1-13(25)14-8-10-16(11-9-14)23-24-19(20(26)27)18-17-7-5-4-6-15(17)12-21(2,3)22-18/h4-11,23H,12H2,1-3H3,(H,26,27)/b24-19-. The number of hydrazone groups is 1. The largest absolute Gasteiger partial charge is 0.476 e. The summed E-state index contributed by atoms with van der Waals surface area (Å²) in [7, 11) is 0. The third kappa shape index (κ3) is 4.11. The molecule has 0 spiro atoms. The van der Waals surface area contributed by atoms with Crippen molar-refractivity contribution in [2.75, 3.05) is 5.43 Å². The third-order valence-corrected chi connectivity index (χ3v) is 4.33. The average molecular weight is 363 g/mol. The van der Waals surface area contributed by atoms with Gasteiger partial charge in [0.2, 0.25) is 0 Å². The fourth-order valence-electron chi connectivity index (χ4n) is 3.06. The summed E-state index contributed by atoms with van der Waals surface area (Å²) in [5, 5.41) is 13.8. The van der Waals surface area contributed by atoms with Gasteiger partial charge in [-0.25, -0.2) is 4.79 Å². The van der Waals surface area contributed by atoms with E-state index in [1.165, 1.54) is 6.92 Å². The van der Waals surface area contributed by atoms with Crippen molar-refractivity contribution in [1.82, 2.24) is 0 Å². The second-order valence-corrected chi connectivity index (χ2v) is 7.12. The van der Waals surface area contributed by atoms with Gasteiger partial charge >= 0.3 is 5.97 Å². The zero-order valence-corrected chi connectivity index (χ0v) is 15.5. The lowest BCUT2D eigenvalue weighted by Gasteiger charge is -2.28. The van der Waals surface area contributed by atoms with Crippen molar-refractivity contribution in [3.05, 3.63) is 65.2 Å². The molecule has 3 rings (SSSR count). The molecule has 2 aromatic carbocycles. The van der Waals surface area contributed by atoms with E-state index in [9.17, 15) is 14.7 Å². The van der Waals surface area contributed by atoms with E-state index in [4.69, 9.17) is 0 Å². The van der Waals surface area contributed by atoms with Crippen LogP contribution in [0, 0.1) is 0 Å². The molecule has 2 aromatic rings. The number of hydrogen-bond acceptors (Lipinski definition) is 5. The van der Waals surface area contributed by atoms with Crippen LogP contribution in [0.2, 0.25) is 0 Å². The summed E-state index contributed by atoms with van der Waals surface area (Å²) >= 11 is 0. The summed E-state index contributed by atoms with van der Waals surface area (Å²) in [5.41, 5.74) is 5.56. The van der Waals surface area contributed by atoms with E-state index in [1.54, 1.807) is 24.3 Å². The van der Waals surface area contributed by atoms with E-state index in [1.807, 2.05) is 38.1 Å². The Hall–Kier alpha value is -3.28. The third-order valence-electron chi connectivity index (χ3n) is 4.33. The number of nitrogens with one attached hydrogen (secondary N) is 1. The van der Waals surface area contributed by atoms with Gasteiger partial charge in [-0.3, -0.25) is 15.2 Å². The van der Waals surface area contributed by atoms with Gasteiger partial charge in [-0.05, 0) is 57.0 Å². The second kappa shape index (κ2) is 7.15. The summed E-state index contributed by atoms with van der Waals surface area (Å²) in [5.74, 6) is -1.19. The van der Waals surface area contributed by atoms with E-state index < -0.39 is 11.5 Å². The molecule has 2 N–H and O–H groups in total. The predicted octanol–water partition coefficient (Wildman–Crippen LogP) is 3.57. The Kier molecular flexibility index (Phi) is 4.90. The first kappa shape index (κ1) is 18.5. The van der Waals surface area contributed by atoms with Crippen LogP contribution in [0.25, 0.3) is 0 Å². The van der Waals surface area contributed by atoms with Gasteiger partial charge < -0.3 is 5.11 Å². The van der Waals surface area contributed by atoms with Crippen molar-refractivity contribution >= 4 is 28.9 Å². The van der Waals surface area contributed by atoms with Crippen LogP contribution in [0.15, 0.2) is 58.6 Å². The Balaban J connectivity index is 1.97. The molecule has 1 heterocycles. The number of carbonyl (C=O) groups excluding carboxylic acids is 1. The minimum Gasteiger partial charge on any atom is -0.476 e. The summed E-state index contributed by atoms with van der Waals surface area (Å²) in [6.45, 7) is 5.43. The van der Waals surface area contributed by atoms with Crippen molar-refractivity contribution in [3.8, 4) is 0 Å². The Labute approximate surface area is 157 Å². The lowest BCUT2D eigenvalue weighted by atomic mass is 9.85. The van der Waals surface area contributed by atoms with Gasteiger partial charge in [0, 0.05) is 11.1 Å². The van der Waals surface area contributed by atoms with Crippen LogP contribution in [0.5, 0.6) is 0 Å². The van der Waals surface area contributed by atoms with E-state index >= 15 is 0 Å². The molecule has 27 heavy (non-hydrogen) atoms. The van der Waals surface area contributed by atoms with Crippen LogP contribution >= 0.6 is 0 Å². The Bertz CT molecular complexity index is 957. The number of benzene rings is 2. The minimum atomic E-state index is -1.16. The lowest BCUT2D eigenvalue weighted by molar-refractivity contribution is -0.129. The smallest absolute Gasteiger partial charge is 0.358 e. The number of rotatable bonds is 5. The zero-order valence-electron chi connectivity index (χ0n) is 15.5. The van der Waals surface area contributed by atoms with Gasteiger partial charge in [-0.1, -0.05) is 24.3 Å². The van der Waals surface area contributed by atoms with Crippen LogP contribution in [0.1, 0.15) is 42.3 Å².